The van der Waals surface area contributed by atoms with Crippen LogP contribution in [-0.2, 0) is 63.5 Å². The van der Waals surface area contributed by atoms with Crippen LogP contribution in [0, 0.1) is 35.5 Å². The quantitative estimate of drug-likeness (QED) is 0.0598. The number of alkyl halides is 6. The van der Waals surface area contributed by atoms with Crippen LogP contribution in [0.15, 0.2) is 72.8 Å². The minimum atomic E-state index is -5.31. The maximum absolute atomic E-state index is 15.1. The topological polar surface area (TPSA) is 133 Å². The lowest BCUT2D eigenvalue weighted by Crippen LogP contribution is -2.54. The number of hydrogen-bond donors (Lipinski definition) is 0. The second kappa shape index (κ2) is 24.5. The Bertz CT molecular complexity index is 2040. The van der Waals surface area contributed by atoms with Gasteiger partial charge in [0, 0.05) is 51.2 Å². The van der Waals surface area contributed by atoms with Crippen LogP contribution >= 0.6 is 0 Å². The molecular formula is C53H72F6O11. The monoisotopic (exact) mass is 998 g/mol. The molecule has 0 aromatic heterocycles. The first-order chi connectivity index (χ1) is 32.7. The van der Waals surface area contributed by atoms with E-state index >= 15 is 13.2 Å². The van der Waals surface area contributed by atoms with Crippen molar-refractivity contribution < 1.29 is 78.7 Å². The molecule has 0 N–H and O–H groups in total. The highest BCUT2D eigenvalue weighted by molar-refractivity contribution is 5.92. The predicted octanol–water partition coefficient (Wildman–Crippen LogP) is 11.2. The van der Waals surface area contributed by atoms with E-state index in [4.69, 9.17) is 33.2 Å². The summed E-state index contributed by atoms with van der Waals surface area (Å²) in [7, 11) is 2.67. The normalized spacial score (nSPS) is 25.5. The van der Waals surface area contributed by atoms with Gasteiger partial charge in [-0.2, -0.15) is 26.3 Å². The Morgan fingerprint density at radius 3 is 1.67 bits per heavy atom. The van der Waals surface area contributed by atoms with Gasteiger partial charge in [-0.25, -0.2) is 9.59 Å². The number of methoxy groups -OCH3 is 3. The van der Waals surface area contributed by atoms with Gasteiger partial charge in [0.25, 0.3) is 11.2 Å². The summed E-state index contributed by atoms with van der Waals surface area (Å²) in [6.07, 6.45) is -8.69. The number of ketones is 2. The first-order valence-corrected chi connectivity index (χ1v) is 24.1. The van der Waals surface area contributed by atoms with Gasteiger partial charge in [-0.1, -0.05) is 109 Å². The van der Waals surface area contributed by atoms with E-state index in [1.165, 1.54) is 56.5 Å². The van der Waals surface area contributed by atoms with Crippen molar-refractivity contribution in [3.8, 4) is 0 Å². The summed E-state index contributed by atoms with van der Waals surface area (Å²) >= 11 is 0. The molecular weight excluding hydrogens is 927 g/mol. The lowest BCUT2D eigenvalue weighted by atomic mass is 9.79. The molecule has 0 bridgehead atoms. The van der Waals surface area contributed by atoms with Gasteiger partial charge in [-0.3, -0.25) is 9.59 Å². The van der Waals surface area contributed by atoms with Gasteiger partial charge in [-0.15, -0.1) is 0 Å². The summed E-state index contributed by atoms with van der Waals surface area (Å²) in [6.45, 7) is 14.1. The second-order valence-corrected chi connectivity index (χ2v) is 19.6. The number of esters is 2. The number of Topliss-reactive ketones (excluding diaryl/α,β-unsaturated/α-hetero) is 1. The van der Waals surface area contributed by atoms with Gasteiger partial charge in [0.05, 0.1) is 18.1 Å². The Labute approximate surface area is 408 Å². The molecule has 2 aromatic carbocycles. The van der Waals surface area contributed by atoms with Crippen LogP contribution in [0.1, 0.15) is 118 Å². The van der Waals surface area contributed by atoms with E-state index in [2.05, 4.69) is 6.92 Å². The third-order valence-corrected chi connectivity index (χ3v) is 14.5. The van der Waals surface area contributed by atoms with Crippen LogP contribution < -0.4 is 0 Å². The Balaban J connectivity index is 1.64. The summed E-state index contributed by atoms with van der Waals surface area (Å²) in [4.78, 5) is 53.9. The number of ether oxygens (including phenoxy) is 7. The molecule has 2 heterocycles. The molecule has 2 fully saturated rings. The molecule has 0 unspecified atom stereocenters. The van der Waals surface area contributed by atoms with Gasteiger partial charge in [-0.05, 0) is 81.3 Å². The Morgan fingerprint density at radius 1 is 0.714 bits per heavy atom. The van der Waals surface area contributed by atoms with Crippen LogP contribution in [0.2, 0.25) is 0 Å². The molecule has 4 rings (SSSR count). The molecule has 2 saturated heterocycles. The molecule has 17 heteroatoms. The molecule has 0 aliphatic carbocycles. The summed E-state index contributed by atoms with van der Waals surface area (Å²) in [5.74, 6) is -7.16. The minimum Gasteiger partial charge on any atom is -0.459 e. The van der Waals surface area contributed by atoms with Crippen LogP contribution in [0.3, 0.4) is 0 Å². The Morgan fingerprint density at radius 2 is 1.21 bits per heavy atom. The number of allylic oxidation sites excluding steroid dienone is 1. The zero-order chi connectivity index (χ0) is 52.4. The maximum atomic E-state index is 15.1. The van der Waals surface area contributed by atoms with Gasteiger partial charge >= 0.3 is 24.3 Å². The molecule has 11 nitrogen and oxygen atoms in total. The molecule has 0 saturated carbocycles. The Kier molecular flexibility index (Phi) is 20.5. The van der Waals surface area contributed by atoms with Crippen molar-refractivity contribution in [2.75, 3.05) is 21.3 Å². The van der Waals surface area contributed by atoms with E-state index in [1.54, 1.807) is 20.8 Å². The highest BCUT2D eigenvalue weighted by atomic mass is 19.4. The zero-order valence-corrected chi connectivity index (χ0v) is 42.2. The molecule has 13 atom stereocenters. The fraction of sp³-hybridized carbons (Fsp3) is 0.660. The van der Waals surface area contributed by atoms with E-state index < -0.39 is 88.3 Å². The van der Waals surface area contributed by atoms with Crippen LogP contribution in [0.5, 0.6) is 0 Å². The van der Waals surface area contributed by atoms with Gasteiger partial charge < -0.3 is 33.2 Å². The first-order valence-electron chi connectivity index (χ1n) is 24.1. The lowest BCUT2D eigenvalue weighted by Gasteiger charge is -2.51. The molecule has 0 radical (unpaired) electrons. The largest absolute Gasteiger partial charge is 0.459 e. The molecule has 2 aromatic rings. The fourth-order valence-electron chi connectivity index (χ4n) is 9.66. The van der Waals surface area contributed by atoms with Crippen molar-refractivity contribution in [1.82, 2.24) is 0 Å². The molecule has 70 heavy (non-hydrogen) atoms. The number of rotatable bonds is 23. The number of carbonyl (C=O) groups is 4. The summed E-state index contributed by atoms with van der Waals surface area (Å²) in [5, 5.41) is 0. The van der Waals surface area contributed by atoms with Crippen molar-refractivity contribution in [3.63, 3.8) is 0 Å². The van der Waals surface area contributed by atoms with Crippen molar-refractivity contribution in [2.45, 2.75) is 167 Å². The molecule has 392 valence electrons. The molecule has 0 amide bonds. The van der Waals surface area contributed by atoms with Crippen molar-refractivity contribution >= 4 is 23.5 Å². The van der Waals surface area contributed by atoms with Crippen molar-refractivity contribution in [1.29, 1.82) is 0 Å². The van der Waals surface area contributed by atoms with Gasteiger partial charge in [0.1, 0.15) is 24.1 Å². The Hall–Kier alpha value is -4.16. The fourth-order valence-corrected chi connectivity index (χ4v) is 9.66. The average Bonchev–Trinajstić information content (AvgIpc) is 3.31. The zero-order valence-electron chi connectivity index (χ0n) is 42.2. The van der Waals surface area contributed by atoms with Crippen LogP contribution in [0.25, 0.3) is 0 Å². The molecule has 2 aliphatic rings. The highest BCUT2D eigenvalue weighted by Gasteiger charge is 2.66. The maximum Gasteiger partial charge on any atom is 0.432 e. The van der Waals surface area contributed by atoms with E-state index in [1.807, 2.05) is 20.8 Å². The van der Waals surface area contributed by atoms with Crippen LogP contribution in [0.4, 0.5) is 26.3 Å². The number of carbonyl (C=O) groups excluding carboxylic acids is 4. The minimum absolute atomic E-state index is 0.0408. The summed E-state index contributed by atoms with van der Waals surface area (Å²) < 4.78 is 130. The van der Waals surface area contributed by atoms with E-state index in [9.17, 15) is 32.3 Å². The van der Waals surface area contributed by atoms with Gasteiger partial charge in [0.2, 0.25) is 0 Å². The highest BCUT2D eigenvalue weighted by Crippen LogP contribution is 2.48. The standard InChI is InChI=1S/C53H72F6O11/c1-32(2)45(68-48(63)51(66-11,53(57,58)59)40-20-16-13-17-21-40)44(64-9)27-24-41(61)37(7)43(67-47(62)50(65-10,52(54,55)56)39-18-14-12-15-19-39)26-23-35(5)46-36(6)29-31-49(70-46)30-28-34(4)42(69-49)25-22-33(3)38(8)60/h12-21,24,27,32-37,42-46H,22-23,25-26,28-31H2,1-11H3/b27-24+/t33-,34+,35+,36-,37+,42-,43-,44-,45+,46-,49+,50+,51+/m0/s1. The average molecular weight is 999 g/mol. The first kappa shape index (κ1) is 58.4. The van der Waals surface area contributed by atoms with Crippen molar-refractivity contribution in [2.24, 2.45) is 35.5 Å². The number of hydrogen-bond acceptors (Lipinski definition) is 11. The van der Waals surface area contributed by atoms with Crippen molar-refractivity contribution in [3.05, 3.63) is 83.9 Å². The molecule has 2 aliphatic heterocycles. The predicted molar refractivity (Wildman–Crippen MR) is 248 cm³/mol. The smallest absolute Gasteiger partial charge is 0.432 e. The third-order valence-electron chi connectivity index (χ3n) is 14.5. The lowest BCUT2D eigenvalue weighted by molar-refractivity contribution is -0.338. The van der Waals surface area contributed by atoms with E-state index in [-0.39, 0.29) is 54.5 Å². The SMILES string of the molecule is CO[C@@H](/C=C/C(=O)[C@@H](C)[C@H](CC[C@@H](C)[C@@H]1O[C@]2(CC[C@@H](C)[C@H](CC[C@H](C)C(C)=O)O2)CC[C@@H]1C)OC(=O)[C@](OC)(c1ccccc1)C(F)(F)F)[C@H](OC(=O)[C@](OC)(c1ccccc1)C(F)(F)F)C(C)C. The van der Waals surface area contributed by atoms with Crippen LogP contribution in [-0.4, -0.2) is 93.5 Å². The van der Waals surface area contributed by atoms with E-state index in [0.717, 1.165) is 57.4 Å². The second-order valence-electron chi connectivity index (χ2n) is 19.6. The number of halogens is 6. The molecule has 1 spiro atoms. The number of benzene rings is 2. The van der Waals surface area contributed by atoms with E-state index in [0.29, 0.717) is 25.7 Å². The van der Waals surface area contributed by atoms with Gasteiger partial charge in [0.15, 0.2) is 11.6 Å². The third kappa shape index (κ3) is 13.1. The summed E-state index contributed by atoms with van der Waals surface area (Å²) in [5.41, 5.74) is -8.16. The summed E-state index contributed by atoms with van der Waals surface area (Å²) in [6, 6.07) is 12.5.